The number of ether oxygens (including phenoxy) is 1. The highest BCUT2D eigenvalue weighted by Crippen LogP contribution is 2.41. The lowest BCUT2D eigenvalue weighted by molar-refractivity contribution is -0.176. The minimum absolute atomic E-state index is 0.115. The Kier molecular flexibility index (Phi) is 3.68. The maximum Gasteiger partial charge on any atom is 0.167 e. The molecule has 2 fully saturated rings. The van der Waals surface area contributed by atoms with Crippen molar-refractivity contribution in [1.29, 1.82) is 0 Å². The highest BCUT2D eigenvalue weighted by Gasteiger charge is 2.47. The summed E-state index contributed by atoms with van der Waals surface area (Å²) in [7, 11) is 0. The first kappa shape index (κ1) is 12.1. The molecule has 0 aliphatic heterocycles. The molecule has 0 aromatic rings. The van der Waals surface area contributed by atoms with Crippen molar-refractivity contribution in [1.82, 2.24) is 0 Å². The standard InChI is InChI=1S/C14H24O2/c1-11(2)13(15)14(9-6-10-14)16-12-7-4-3-5-8-12/h11-12H,3-10H2,1-2H3. The zero-order valence-electron chi connectivity index (χ0n) is 10.6. The quantitative estimate of drug-likeness (QED) is 0.730. The molecule has 0 aromatic heterocycles. The summed E-state index contributed by atoms with van der Waals surface area (Å²) in [5.41, 5.74) is -0.379. The molecule has 2 saturated carbocycles. The Balaban J connectivity index is 1.96. The first-order valence-corrected chi connectivity index (χ1v) is 6.86. The van der Waals surface area contributed by atoms with Crippen LogP contribution in [0.4, 0.5) is 0 Å². The van der Waals surface area contributed by atoms with Crippen molar-refractivity contribution in [2.24, 2.45) is 5.92 Å². The predicted octanol–water partition coefficient (Wildman–Crippen LogP) is 3.48. The van der Waals surface area contributed by atoms with Gasteiger partial charge in [0.1, 0.15) is 5.60 Å². The van der Waals surface area contributed by atoms with E-state index in [1.165, 1.54) is 19.3 Å². The van der Waals surface area contributed by atoms with E-state index in [1.54, 1.807) is 0 Å². The number of hydrogen-bond donors (Lipinski definition) is 0. The van der Waals surface area contributed by atoms with Gasteiger partial charge in [0.2, 0.25) is 0 Å². The second-order valence-corrected chi connectivity index (χ2v) is 5.74. The molecule has 2 rings (SSSR count). The summed E-state index contributed by atoms with van der Waals surface area (Å²) in [6.07, 6.45) is 9.64. The van der Waals surface area contributed by atoms with E-state index in [0.29, 0.717) is 11.9 Å². The summed E-state index contributed by atoms with van der Waals surface area (Å²) in [5, 5.41) is 0. The van der Waals surface area contributed by atoms with Gasteiger partial charge in [-0.05, 0) is 32.1 Å². The van der Waals surface area contributed by atoms with Crippen molar-refractivity contribution in [2.75, 3.05) is 0 Å². The van der Waals surface area contributed by atoms with Gasteiger partial charge in [-0.25, -0.2) is 0 Å². The van der Waals surface area contributed by atoms with E-state index in [0.717, 1.165) is 32.1 Å². The third-order valence-electron chi connectivity index (χ3n) is 4.08. The van der Waals surface area contributed by atoms with Crippen LogP contribution in [0.15, 0.2) is 0 Å². The fraction of sp³-hybridized carbons (Fsp3) is 0.929. The number of hydrogen-bond acceptors (Lipinski definition) is 2. The third kappa shape index (κ3) is 2.32. The molecule has 2 nitrogen and oxygen atoms in total. The monoisotopic (exact) mass is 224 g/mol. The molecule has 0 aromatic carbocycles. The number of Topliss-reactive ketones (excluding diaryl/α,β-unsaturated/α-hetero) is 1. The second kappa shape index (κ2) is 4.87. The van der Waals surface area contributed by atoms with Gasteiger partial charge in [0, 0.05) is 5.92 Å². The van der Waals surface area contributed by atoms with Crippen LogP contribution in [0.25, 0.3) is 0 Å². The van der Waals surface area contributed by atoms with Gasteiger partial charge in [-0.15, -0.1) is 0 Å². The Morgan fingerprint density at radius 2 is 1.75 bits per heavy atom. The maximum atomic E-state index is 12.2. The van der Waals surface area contributed by atoms with E-state index in [2.05, 4.69) is 0 Å². The molecule has 0 atom stereocenters. The zero-order valence-corrected chi connectivity index (χ0v) is 10.6. The number of carbonyl (C=O) groups excluding carboxylic acids is 1. The molecule has 2 aliphatic rings. The van der Waals surface area contributed by atoms with E-state index in [1.807, 2.05) is 13.8 Å². The molecule has 0 spiro atoms. The number of carbonyl (C=O) groups is 1. The summed E-state index contributed by atoms with van der Waals surface area (Å²) in [6.45, 7) is 3.99. The van der Waals surface area contributed by atoms with Crippen molar-refractivity contribution >= 4 is 5.78 Å². The Morgan fingerprint density at radius 1 is 1.12 bits per heavy atom. The Labute approximate surface area is 98.7 Å². The molecule has 0 saturated heterocycles. The van der Waals surface area contributed by atoms with Gasteiger partial charge in [-0.2, -0.15) is 0 Å². The van der Waals surface area contributed by atoms with Crippen molar-refractivity contribution in [3.05, 3.63) is 0 Å². The summed E-state index contributed by atoms with van der Waals surface area (Å²) < 4.78 is 6.19. The number of ketones is 1. The van der Waals surface area contributed by atoms with E-state index in [-0.39, 0.29) is 11.5 Å². The lowest BCUT2D eigenvalue weighted by Gasteiger charge is -2.44. The van der Waals surface area contributed by atoms with Crippen LogP contribution in [0.5, 0.6) is 0 Å². The van der Waals surface area contributed by atoms with Crippen molar-refractivity contribution in [2.45, 2.75) is 76.9 Å². The Morgan fingerprint density at radius 3 is 2.19 bits per heavy atom. The van der Waals surface area contributed by atoms with Crippen molar-refractivity contribution in [3.8, 4) is 0 Å². The van der Waals surface area contributed by atoms with Crippen LogP contribution < -0.4 is 0 Å². The molecule has 2 heteroatoms. The van der Waals surface area contributed by atoms with E-state index in [9.17, 15) is 4.79 Å². The minimum atomic E-state index is -0.379. The first-order valence-electron chi connectivity index (χ1n) is 6.86. The van der Waals surface area contributed by atoms with E-state index < -0.39 is 0 Å². The average molecular weight is 224 g/mol. The van der Waals surface area contributed by atoms with Crippen LogP contribution in [-0.4, -0.2) is 17.5 Å². The Bertz CT molecular complexity index is 247. The first-order chi connectivity index (χ1) is 7.64. The smallest absolute Gasteiger partial charge is 0.167 e. The van der Waals surface area contributed by atoms with Gasteiger partial charge in [-0.1, -0.05) is 33.1 Å². The van der Waals surface area contributed by atoms with Crippen molar-refractivity contribution in [3.63, 3.8) is 0 Å². The molecular formula is C14H24O2. The largest absolute Gasteiger partial charge is 0.364 e. The summed E-state index contributed by atoms with van der Waals surface area (Å²) in [5.74, 6) is 0.452. The Hall–Kier alpha value is -0.370. The maximum absolute atomic E-state index is 12.2. The third-order valence-corrected chi connectivity index (χ3v) is 4.08. The topological polar surface area (TPSA) is 26.3 Å². The summed E-state index contributed by atoms with van der Waals surface area (Å²) >= 11 is 0. The van der Waals surface area contributed by atoms with Crippen LogP contribution in [-0.2, 0) is 9.53 Å². The summed E-state index contributed by atoms with van der Waals surface area (Å²) in [4.78, 5) is 12.2. The lowest BCUT2D eigenvalue weighted by Crippen LogP contribution is -2.52. The van der Waals surface area contributed by atoms with Crippen LogP contribution in [0, 0.1) is 5.92 Å². The van der Waals surface area contributed by atoms with Gasteiger partial charge in [0.05, 0.1) is 6.10 Å². The SMILES string of the molecule is CC(C)C(=O)C1(OC2CCCCC2)CCC1. The van der Waals surface area contributed by atoms with E-state index >= 15 is 0 Å². The molecule has 0 amide bonds. The van der Waals surface area contributed by atoms with Crippen LogP contribution in [0.2, 0.25) is 0 Å². The van der Waals surface area contributed by atoms with Gasteiger partial charge in [-0.3, -0.25) is 4.79 Å². The minimum Gasteiger partial charge on any atom is -0.364 e. The lowest BCUT2D eigenvalue weighted by atomic mass is 9.73. The molecule has 0 radical (unpaired) electrons. The van der Waals surface area contributed by atoms with Crippen LogP contribution in [0.3, 0.4) is 0 Å². The average Bonchev–Trinajstić information content (AvgIpc) is 2.24. The predicted molar refractivity (Wildman–Crippen MR) is 64.4 cm³/mol. The molecule has 0 bridgehead atoms. The van der Waals surface area contributed by atoms with Crippen LogP contribution in [0.1, 0.15) is 65.2 Å². The molecule has 0 heterocycles. The molecular weight excluding hydrogens is 200 g/mol. The fourth-order valence-electron chi connectivity index (χ4n) is 2.95. The summed E-state index contributed by atoms with van der Waals surface area (Å²) in [6, 6.07) is 0. The van der Waals surface area contributed by atoms with Gasteiger partial charge in [0.15, 0.2) is 5.78 Å². The molecule has 16 heavy (non-hydrogen) atoms. The molecule has 92 valence electrons. The molecule has 2 aliphatic carbocycles. The van der Waals surface area contributed by atoms with Gasteiger partial charge in [0.25, 0.3) is 0 Å². The highest BCUT2D eigenvalue weighted by molar-refractivity contribution is 5.89. The van der Waals surface area contributed by atoms with Crippen molar-refractivity contribution < 1.29 is 9.53 Å². The van der Waals surface area contributed by atoms with Gasteiger partial charge >= 0.3 is 0 Å². The fourth-order valence-corrected chi connectivity index (χ4v) is 2.95. The highest BCUT2D eigenvalue weighted by atomic mass is 16.5. The normalized spacial score (nSPS) is 25.4. The molecule has 0 N–H and O–H groups in total. The second-order valence-electron chi connectivity index (χ2n) is 5.74. The number of rotatable bonds is 4. The zero-order chi connectivity index (χ0) is 11.6. The van der Waals surface area contributed by atoms with Crippen LogP contribution >= 0.6 is 0 Å². The molecule has 0 unspecified atom stereocenters. The van der Waals surface area contributed by atoms with E-state index in [4.69, 9.17) is 4.74 Å². The van der Waals surface area contributed by atoms with Gasteiger partial charge < -0.3 is 4.74 Å².